The maximum atomic E-state index is 12.7. The zero-order valence-electron chi connectivity index (χ0n) is 11.8. The summed E-state index contributed by atoms with van der Waals surface area (Å²) in [5.41, 5.74) is 1.99. The van der Waals surface area contributed by atoms with Crippen molar-refractivity contribution in [3.63, 3.8) is 0 Å². The molecule has 1 aromatic rings. The predicted octanol–water partition coefficient (Wildman–Crippen LogP) is 4.77. The first-order chi connectivity index (χ1) is 10.2. The number of allylic oxidation sites excluding steroid dienone is 4. The number of hydrogen-bond donors (Lipinski definition) is 0. The molecular weight excluding hydrogens is 263 g/mol. The van der Waals surface area contributed by atoms with Crippen molar-refractivity contribution in [3.8, 4) is 12.1 Å². The van der Waals surface area contributed by atoms with Crippen molar-refractivity contribution in [2.45, 2.75) is 31.6 Å². The van der Waals surface area contributed by atoms with Gasteiger partial charge in [-0.1, -0.05) is 24.3 Å². The lowest BCUT2D eigenvalue weighted by Gasteiger charge is -2.27. The molecule has 106 valence electrons. The molecule has 0 radical (unpaired) electrons. The summed E-state index contributed by atoms with van der Waals surface area (Å²) in [6.45, 7) is 0. The molecule has 3 heteroatoms. The lowest BCUT2D eigenvalue weighted by Crippen LogP contribution is -2.11. The van der Waals surface area contributed by atoms with Gasteiger partial charge in [0.15, 0.2) is 5.83 Å². The van der Waals surface area contributed by atoms with Crippen LogP contribution in [0.25, 0.3) is 0 Å². The molecule has 1 aliphatic carbocycles. The first-order valence-corrected chi connectivity index (χ1v) is 7.17. The number of rotatable bonds is 3. The van der Waals surface area contributed by atoms with E-state index in [4.69, 9.17) is 10.5 Å². The normalized spacial score (nSPS) is 22.7. The summed E-state index contributed by atoms with van der Waals surface area (Å²) in [5, 5.41) is 17.1. The van der Waals surface area contributed by atoms with E-state index in [2.05, 4.69) is 6.07 Å². The molecule has 0 saturated heterocycles. The van der Waals surface area contributed by atoms with Crippen LogP contribution in [0.2, 0.25) is 0 Å². The Morgan fingerprint density at radius 2 is 1.76 bits per heavy atom. The summed E-state index contributed by atoms with van der Waals surface area (Å²) in [6.07, 6.45) is 9.20. The van der Waals surface area contributed by atoms with E-state index in [-0.39, 0.29) is 0 Å². The number of halogens is 1. The minimum atomic E-state index is -0.752. The second kappa shape index (κ2) is 7.41. The summed E-state index contributed by atoms with van der Waals surface area (Å²) >= 11 is 0. The molecule has 1 saturated carbocycles. The Balaban J connectivity index is 1.88. The van der Waals surface area contributed by atoms with Crippen molar-refractivity contribution in [1.82, 2.24) is 0 Å². The Bertz CT molecular complexity index is 606. The molecule has 0 spiro atoms. The molecule has 1 aromatic carbocycles. The van der Waals surface area contributed by atoms with Crippen LogP contribution in [0.4, 0.5) is 4.39 Å². The highest BCUT2D eigenvalue weighted by atomic mass is 19.1. The molecule has 1 fully saturated rings. The molecule has 0 N–H and O–H groups in total. The Morgan fingerprint density at radius 3 is 2.33 bits per heavy atom. The summed E-state index contributed by atoms with van der Waals surface area (Å²) in [6, 6.07) is 11.4. The maximum Gasteiger partial charge on any atom is 0.199 e. The van der Waals surface area contributed by atoms with Crippen LogP contribution in [0.5, 0.6) is 0 Å². The predicted molar refractivity (Wildman–Crippen MR) is 79.8 cm³/mol. The average Bonchev–Trinajstić information content (AvgIpc) is 2.55. The minimum absolute atomic E-state index is 0.461. The summed E-state index contributed by atoms with van der Waals surface area (Å²) in [4.78, 5) is 0. The van der Waals surface area contributed by atoms with Gasteiger partial charge in [-0.05, 0) is 61.3 Å². The number of nitrogens with zero attached hydrogens (tertiary/aromatic N) is 2. The van der Waals surface area contributed by atoms with Crippen molar-refractivity contribution in [1.29, 1.82) is 10.5 Å². The van der Waals surface area contributed by atoms with Gasteiger partial charge in [-0.25, -0.2) is 0 Å². The van der Waals surface area contributed by atoms with Crippen LogP contribution in [0.1, 0.15) is 42.7 Å². The topological polar surface area (TPSA) is 47.6 Å². The molecule has 2 rings (SSSR count). The van der Waals surface area contributed by atoms with E-state index in [0.29, 0.717) is 17.4 Å². The number of nitriles is 2. The third-order valence-electron chi connectivity index (χ3n) is 4.02. The number of hydrogen-bond acceptors (Lipinski definition) is 2. The summed E-state index contributed by atoms with van der Waals surface area (Å²) in [7, 11) is 0. The van der Waals surface area contributed by atoms with Crippen LogP contribution in [-0.2, 0) is 0 Å². The Kier molecular flexibility index (Phi) is 5.29. The van der Waals surface area contributed by atoms with Crippen molar-refractivity contribution in [3.05, 3.63) is 59.4 Å². The van der Waals surface area contributed by atoms with Crippen molar-refractivity contribution in [2.24, 2.45) is 5.92 Å². The zero-order valence-corrected chi connectivity index (χ0v) is 11.8. The van der Waals surface area contributed by atoms with E-state index < -0.39 is 5.83 Å². The van der Waals surface area contributed by atoms with Crippen molar-refractivity contribution < 1.29 is 4.39 Å². The molecule has 0 aromatic heterocycles. The molecule has 0 amide bonds. The van der Waals surface area contributed by atoms with Gasteiger partial charge < -0.3 is 0 Å². The quantitative estimate of drug-likeness (QED) is 0.591. The maximum absolute atomic E-state index is 12.7. The van der Waals surface area contributed by atoms with Gasteiger partial charge in [0.1, 0.15) is 6.07 Å². The highest BCUT2D eigenvalue weighted by molar-refractivity contribution is 5.33. The Morgan fingerprint density at radius 1 is 1.10 bits per heavy atom. The van der Waals surface area contributed by atoms with E-state index in [0.717, 1.165) is 25.7 Å². The second-order valence-corrected chi connectivity index (χ2v) is 5.36. The molecule has 21 heavy (non-hydrogen) atoms. The lowest BCUT2D eigenvalue weighted by molar-refractivity contribution is 0.376. The van der Waals surface area contributed by atoms with Gasteiger partial charge >= 0.3 is 0 Å². The van der Waals surface area contributed by atoms with Gasteiger partial charge in [0.25, 0.3) is 0 Å². The monoisotopic (exact) mass is 280 g/mol. The zero-order chi connectivity index (χ0) is 15.1. The first-order valence-electron chi connectivity index (χ1n) is 7.17. The van der Waals surface area contributed by atoms with Gasteiger partial charge in [0, 0.05) is 0 Å². The van der Waals surface area contributed by atoms with E-state index in [1.54, 1.807) is 6.08 Å². The molecule has 0 heterocycles. The fourth-order valence-electron chi connectivity index (χ4n) is 2.81. The number of benzene rings is 1. The third kappa shape index (κ3) is 4.29. The van der Waals surface area contributed by atoms with Crippen molar-refractivity contribution >= 4 is 0 Å². The second-order valence-electron chi connectivity index (χ2n) is 5.36. The smallest absolute Gasteiger partial charge is 0.195 e. The highest BCUT2D eigenvalue weighted by Gasteiger charge is 2.20. The van der Waals surface area contributed by atoms with E-state index >= 15 is 0 Å². The third-order valence-corrected chi connectivity index (χ3v) is 4.02. The Labute approximate surface area is 124 Å². The van der Waals surface area contributed by atoms with E-state index in [9.17, 15) is 4.39 Å². The van der Waals surface area contributed by atoms with E-state index in [1.165, 1.54) is 17.7 Å². The summed E-state index contributed by atoms with van der Waals surface area (Å²) < 4.78 is 12.7. The van der Waals surface area contributed by atoms with Gasteiger partial charge in [0.05, 0.1) is 11.6 Å². The molecule has 1 aliphatic rings. The fourth-order valence-corrected chi connectivity index (χ4v) is 2.81. The van der Waals surface area contributed by atoms with Crippen LogP contribution in [0.3, 0.4) is 0 Å². The van der Waals surface area contributed by atoms with E-state index in [1.807, 2.05) is 30.3 Å². The SMILES string of the molecule is N#C/C(F)=C/C=C/C1CCC(c2ccc(C#N)cc2)CC1. The first kappa shape index (κ1) is 15.0. The molecule has 0 atom stereocenters. The summed E-state index contributed by atoms with van der Waals surface area (Å²) in [5.74, 6) is 0.258. The largest absolute Gasteiger partial charge is 0.199 e. The minimum Gasteiger partial charge on any atom is -0.195 e. The highest BCUT2D eigenvalue weighted by Crippen LogP contribution is 2.36. The lowest BCUT2D eigenvalue weighted by atomic mass is 9.78. The Hall–Kier alpha value is -2.39. The van der Waals surface area contributed by atoms with Crippen LogP contribution < -0.4 is 0 Å². The molecule has 2 nitrogen and oxygen atoms in total. The van der Waals surface area contributed by atoms with Crippen LogP contribution >= 0.6 is 0 Å². The van der Waals surface area contributed by atoms with Gasteiger partial charge in [-0.2, -0.15) is 14.9 Å². The standard InChI is InChI=1S/C18H17FN2/c19-18(13-21)3-1-2-14-4-8-16(9-5-14)17-10-6-15(12-20)7-11-17/h1-3,6-7,10-11,14,16H,4-5,8-9H2/b2-1+,18-3-. The van der Waals surface area contributed by atoms with Gasteiger partial charge in [-0.15, -0.1) is 0 Å². The van der Waals surface area contributed by atoms with Gasteiger partial charge in [0.2, 0.25) is 0 Å². The molecular formula is C18H17FN2. The molecule has 0 unspecified atom stereocenters. The van der Waals surface area contributed by atoms with Crippen LogP contribution in [-0.4, -0.2) is 0 Å². The fraction of sp³-hybridized carbons (Fsp3) is 0.333. The van der Waals surface area contributed by atoms with Crippen LogP contribution in [0, 0.1) is 28.6 Å². The van der Waals surface area contributed by atoms with Gasteiger partial charge in [-0.3, -0.25) is 0 Å². The van der Waals surface area contributed by atoms with Crippen molar-refractivity contribution in [2.75, 3.05) is 0 Å². The van der Waals surface area contributed by atoms with Crippen LogP contribution in [0.15, 0.2) is 48.3 Å². The average molecular weight is 280 g/mol. The molecule has 0 aliphatic heterocycles. The molecule has 0 bridgehead atoms.